The van der Waals surface area contributed by atoms with E-state index in [9.17, 15) is 0 Å². The Hall–Kier alpha value is -3.12. The molecular weight excluding hydrogens is 272 g/mol. The van der Waals surface area contributed by atoms with Gasteiger partial charge in [-0.1, -0.05) is 12.1 Å². The molecular formula is C19H12N2O. The third-order valence-corrected chi connectivity index (χ3v) is 3.60. The van der Waals surface area contributed by atoms with Crippen molar-refractivity contribution in [2.45, 2.75) is 6.85 Å². The van der Waals surface area contributed by atoms with Crippen molar-refractivity contribution in [2.75, 3.05) is 0 Å². The van der Waals surface area contributed by atoms with Crippen LogP contribution in [0.15, 0.2) is 59.1 Å². The molecule has 0 unspecified atom stereocenters. The minimum Gasteiger partial charge on any atom is -0.455 e. The molecule has 4 rings (SSSR count). The zero-order valence-corrected chi connectivity index (χ0v) is 11.4. The van der Waals surface area contributed by atoms with Gasteiger partial charge in [-0.05, 0) is 48.8 Å². The van der Waals surface area contributed by atoms with Crippen LogP contribution in [0, 0.1) is 18.2 Å². The van der Waals surface area contributed by atoms with Crippen molar-refractivity contribution >= 4 is 21.9 Å². The predicted octanol–water partition coefficient (Wildman–Crippen LogP) is 4.83. The summed E-state index contributed by atoms with van der Waals surface area (Å²) >= 11 is 0. The van der Waals surface area contributed by atoms with Gasteiger partial charge < -0.3 is 4.42 Å². The van der Waals surface area contributed by atoms with E-state index in [4.69, 9.17) is 15.2 Å². The molecule has 0 N–H and O–H groups in total. The average molecular weight is 288 g/mol. The Morgan fingerprint density at radius 2 is 2.14 bits per heavy atom. The number of aryl methyl sites for hydroxylation is 1. The van der Waals surface area contributed by atoms with Gasteiger partial charge in [0.1, 0.15) is 11.2 Å². The average Bonchev–Trinajstić information content (AvgIpc) is 2.98. The highest BCUT2D eigenvalue weighted by Gasteiger charge is 2.13. The summed E-state index contributed by atoms with van der Waals surface area (Å²) in [5, 5.41) is 10.8. The molecule has 0 radical (unpaired) electrons. The molecule has 0 amide bonds. The van der Waals surface area contributed by atoms with Crippen LogP contribution in [0.1, 0.15) is 16.6 Å². The molecule has 22 heavy (non-hydrogen) atoms. The van der Waals surface area contributed by atoms with Crippen molar-refractivity contribution in [1.82, 2.24) is 4.98 Å². The number of nitrogens with zero attached hydrogens (tertiary/aromatic N) is 2. The first kappa shape index (κ1) is 9.01. The van der Waals surface area contributed by atoms with E-state index in [2.05, 4.69) is 11.1 Å². The topological polar surface area (TPSA) is 49.8 Å². The lowest BCUT2D eigenvalue weighted by molar-refractivity contribution is 0.669. The number of rotatable bonds is 1. The Balaban J connectivity index is 2.01. The summed E-state index contributed by atoms with van der Waals surface area (Å²) in [6.07, 6.45) is -0.117. The summed E-state index contributed by atoms with van der Waals surface area (Å²) in [5.41, 5.74) is 2.66. The third-order valence-electron chi connectivity index (χ3n) is 3.60. The highest BCUT2D eigenvalue weighted by Crippen LogP contribution is 2.35. The second-order valence-corrected chi connectivity index (χ2v) is 4.98. The normalized spacial score (nSPS) is 14.1. The van der Waals surface area contributed by atoms with Crippen molar-refractivity contribution in [1.29, 1.82) is 5.26 Å². The molecule has 0 aliphatic heterocycles. The van der Waals surface area contributed by atoms with Gasteiger partial charge in [-0.15, -0.1) is 0 Å². The van der Waals surface area contributed by atoms with Crippen LogP contribution in [0.5, 0.6) is 0 Å². The Bertz CT molecular complexity index is 1200. The Morgan fingerprint density at radius 3 is 3.00 bits per heavy atom. The minimum absolute atomic E-state index is 0.0624. The molecule has 0 bridgehead atoms. The molecule has 0 aliphatic rings. The minimum atomic E-state index is -2.32. The summed E-state index contributed by atoms with van der Waals surface area (Å²) < 4.78 is 36.6. The van der Waals surface area contributed by atoms with Crippen molar-refractivity contribution in [2.24, 2.45) is 0 Å². The number of fused-ring (bicyclic) bond motifs is 3. The maximum atomic E-state index is 9.07. The molecule has 0 aliphatic carbocycles. The smallest absolute Gasteiger partial charge is 0.144 e. The fraction of sp³-hybridized carbons (Fsp3) is 0.0526. The number of nitriles is 1. The highest BCUT2D eigenvalue weighted by molar-refractivity contribution is 6.09. The van der Waals surface area contributed by atoms with Crippen LogP contribution in [0.25, 0.3) is 33.2 Å². The lowest BCUT2D eigenvalue weighted by Gasteiger charge is -2.02. The maximum Gasteiger partial charge on any atom is 0.144 e. The van der Waals surface area contributed by atoms with Gasteiger partial charge in [0.2, 0.25) is 0 Å². The Labute approximate surface area is 133 Å². The van der Waals surface area contributed by atoms with E-state index in [0.29, 0.717) is 28.0 Å². The number of aromatic nitrogens is 1. The van der Waals surface area contributed by atoms with Gasteiger partial charge in [-0.25, -0.2) is 0 Å². The fourth-order valence-corrected chi connectivity index (χ4v) is 2.60. The Kier molecular flexibility index (Phi) is 1.93. The molecule has 0 spiro atoms. The van der Waals surface area contributed by atoms with Crippen LogP contribution in [0.2, 0.25) is 0 Å². The van der Waals surface area contributed by atoms with Crippen molar-refractivity contribution in [3.05, 3.63) is 65.8 Å². The molecule has 0 saturated carbocycles. The highest BCUT2D eigenvalue weighted by atomic mass is 16.3. The van der Waals surface area contributed by atoms with Crippen LogP contribution in [-0.2, 0) is 0 Å². The zero-order chi connectivity index (χ0) is 18.5. The number of benzene rings is 2. The van der Waals surface area contributed by atoms with Crippen molar-refractivity contribution in [3.8, 4) is 17.3 Å². The lowest BCUT2D eigenvalue weighted by atomic mass is 10.0. The molecule has 3 nitrogen and oxygen atoms in total. The second kappa shape index (κ2) is 4.71. The molecule has 104 valence electrons. The molecule has 2 aromatic heterocycles. The van der Waals surface area contributed by atoms with Crippen molar-refractivity contribution < 1.29 is 9.90 Å². The largest absolute Gasteiger partial charge is 0.455 e. The van der Waals surface area contributed by atoms with Gasteiger partial charge in [-0.2, -0.15) is 5.26 Å². The van der Waals surface area contributed by atoms with E-state index in [-0.39, 0.29) is 11.7 Å². The first-order chi connectivity index (χ1) is 12.4. The van der Waals surface area contributed by atoms with Crippen LogP contribution >= 0.6 is 0 Å². The van der Waals surface area contributed by atoms with E-state index in [1.807, 2.05) is 18.2 Å². The molecule has 0 fully saturated rings. The number of hydrogen-bond acceptors (Lipinski definition) is 3. The number of pyridine rings is 1. The summed E-state index contributed by atoms with van der Waals surface area (Å²) in [6, 6.07) is 15.5. The van der Waals surface area contributed by atoms with E-state index in [1.165, 1.54) is 12.1 Å². The predicted molar refractivity (Wildman–Crippen MR) is 86.4 cm³/mol. The third kappa shape index (κ3) is 1.86. The quantitative estimate of drug-likeness (QED) is 0.504. The summed E-state index contributed by atoms with van der Waals surface area (Å²) in [5.74, 6) is 0. The van der Waals surface area contributed by atoms with Gasteiger partial charge in [0.25, 0.3) is 0 Å². The number of para-hydroxylation sites is 1. The van der Waals surface area contributed by atoms with Crippen LogP contribution in [0.3, 0.4) is 0 Å². The first-order valence-electron chi connectivity index (χ1n) is 8.72. The molecule has 3 heteroatoms. The Morgan fingerprint density at radius 1 is 1.18 bits per heavy atom. The molecule has 2 heterocycles. The maximum absolute atomic E-state index is 9.07. The molecule has 0 atom stereocenters. The van der Waals surface area contributed by atoms with E-state index in [0.717, 1.165) is 10.8 Å². The fourth-order valence-electron chi connectivity index (χ4n) is 2.60. The van der Waals surface area contributed by atoms with Crippen LogP contribution < -0.4 is 0 Å². The molecule has 4 aromatic rings. The standard InChI is InChI=1S/C19H12N2O/c1-12-7-8-21-17(9-12)16-4-2-3-15-14-6-5-13(11-20)10-18(14)22-19(15)16/h2-10H,1H3/i1D3,8D. The van der Waals surface area contributed by atoms with Gasteiger partial charge in [0.15, 0.2) is 0 Å². The van der Waals surface area contributed by atoms with E-state index < -0.39 is 6.85 Å². The lowest BCUT2D eigenvalue weighted by Crippen LogP contribution is -1.84. The zero-order valence-electron chi connectivity index (χ0n) is 15.4. The van der Waals surface area contributed by atoms with Crippen molar-refractivity contribution in [3.63, 3.8) is 0 Å². The molecule has 2 aromatic carbocycles. The summed E-state index contributed by atoms with van der Waals surface area (Å²) in [7, 11) is 0. The summed E-state index contributed by atoms with van der Waals surface area (Å²) in [6.45, 7) is -2.32. The van der Waals surface area contributed by atoms with Gasteiger partial charge in [0.05, 0.1) is 18.7 Å². The monoisotopic (exact) mass is 288 g/mol. The number of furan rings is 1. The second-order valence-electron chi connectivity index (χ2n) is 4.98. The first-order valence-corrected chi connectivity index (χ1v) is 6.72. The summed E-state index contributed by atoms with van der Waals surface area (Å²) in [4.78, 5) is 4.18. The van der Waals surface area contributed by atoms with Gasteiger partial charge in [0, 0.05) is 26.6 Å². The SMILES string of the molecule is [2H]c1cc(C([2H])([2H])[2H])cc(-c2cccc3c2oc2cc(C#N)ccc23)n1. The molecule has 0 saturated heterocycles. The van der Waals surface area contributed by atoms with Gasteiger partial charge in [-0.3, -0.25) is 4.98 Å². The van der Waals surface area contributed by atoms with Crippen LogP contribution in [0.4, 0.5) is 0 Å². The van der Waals surface area contributed by atoms with E-state index >= 15 is 0 Å². The number of hydrogen-bond donors (Lipinski definition) is 0. The van der Waals surface area contributed by atoms with Crippen LogP contribution in [-0.4, -0.2) is 4.98 Å². The van der Waals surface area contributed by atoms with Gasteiger partial charge >= 0.3 is 0 Å². The van der Waals surface area contributed by atoms with E-state index in [1.54, 1.807) is 18.2 Å².